The molecular formula is C12H12BrN3O2S. The highest BCUT2D eigenvalue weighted by Gasteiger charge is 2.09. The fraction of sp³-hybridized carbons (Fsp3) is 0.250. The summed E-state index contributed by atoms with van der Waals surface area (Å²) in [5.74, 6) is 0. The van der Waals surface area contributed by atoms with Crippen LogP contribution in [-0.4, -0.2) is 9.91 Å². The van der Waals surface area contributed by atoms with Crippen molar-refractivity contribution in [3.05, 3.63) is 48.9 Å². The van der Waals surface area contributed by atoms with Crippen LogP contribution in [-0.2, 0) is 13.0 Å². The second-order valence-electron chi connectivity index (χ2n) is 3.85. The molecule has 100 valence electrons. The van der Waals surface area contributed by atoms with Gasteiger partial charge in [0.05, 0.1) is 16.5 Å². The van der Waals surface area contributed by atoms with Gasteiger partial charge >= 0.3 is 0 Å². The Bertz CT molecular complexity index is 600. The number of aromatic nitrogens is 1. The van der Waals surface area contributed by atoms with Crippen molar-refractivity contribution in [3.63, 3.8) is 0 Å². The highest BCUT2D eigenvalue weighted by Crippen LogP contribution is 2.27. The first-order valence-electron chi connectivity index (χ1n) is 5.71. The summed E-state index contributed by atoms with van der Waals surface area (Å²) in [5.41, 5.74) is 0.903. The Kier molecular flexibility index (Phi) is 4.49. The van der Waals surface area contributed by atoms with Crippen LogP contribution in [0, 0.1) is 10.1 Å². The minimum atomic E-state index is -0.411. The number of non-ortho nitro benzene ring substituents is 1. The van der Waals surface area contributed by atoms with E-state index in [2.05, 4.69) is 33.2 Å². The third-order valence-electron chi connectivity index (χ3n) is 2.52. The van der Waals surface area contributed by atoms with Crippen LogP contribution in [0.15, 0.2) is 28.9 Å². The van der Waals surface area contributed by atoms with Crippen LogP contribution in [0.2, 0.25) is 0 Å². The summed E-state index contributed by atoms with van der Waals surface area (Å²) in [4.78, 5) is 15.7. The minimum absolute atomic E-state index is 0.0727. The zero-order valence-corrected chi connectivity index (χ0v) is 12.6. The standard InChI is InChI=1S/C12H12BrN3O2S/c1-2-12-15-7-9(19-12)6-14-11-4-3-8(16(17)18)5-10(11)13/h3-5,7,14H,2,6H2,1H3. The Labute approximate surface area is 123 Å². The molecule has 19 heavy (non-hydrogen) atoms. The average Bonchev–Trinajstić information content (AvgIpc) is 2.85. The zero-order chi connectivity index (χ0) is 13.8. The molecule has 0 spiro atoms. The number of nitrogens with one attached hydrogen (secondary N) is 1. The topological polar surface area (TPSA) is 68.1 Å². The lowest BCUT2D eigenvalue weighted by atomic mass is 10.3. The zero-order valence-electron chi connectivity index (χ0n) is 10.2. The summed E-state index contributed by atoms with van der Waals surface area (Å²) >= 11 is 5.00. The number of nitro benzene ring substituents is 1. The Morgan fingerprint density at radius 3 is 2.89 bits per heavy atom. The maximum atomic E-state index is 10.6. The second kappa shape index (κ2) is 6.12. The van der Waals surface area contributed by atoms with Crippen LogP contribution < -0.4 is 5.32 Å². The maximum absolute atomic E-state index is 10.6. The van der Waals surface area contributed by atoms with Gasteiger partial charge in [-0.05, 0) is 28.4 Å². The molecule has 0 fully saturated rings. The lowest BCUT2D eigenvalue weighted by Gasteiger charge is -2.06. The van der Waals surface area contributed by atoms with Crippen LogP contribution in [0.4, 0.5) is 11.4 Å². The normalized spacial score (nSPS) is 10.4. The molecule has 0 unspecified atom stereocenters. The van der Waals surface area contributed by atoms with Crippen molar-refractivity contribution in [2.75, 3.05) is 5.32 Å². The first-order chi connectivity index (χ1) is 9.10. The molecule has 1 aromatic heterocycles. The van der Waals surface area contributed by atoms with Crippen molar-refractivity contribution >= 4 is 38.6 Å². The molecule has 0 aliphatic carbocycles. The van der Waals surface area contributed by atoms with E-state index in [0.717, 1.165) is 22.0 Å². The molecule has 1 heterocycles. The second-order valence-corrected chi connectivity index (χ2v) is 5.90. The number of rotatable bonds is 5. The molecule has 1 aromatic carbocycles. The van der Waals surface area contributed by atoms with Gasteiger partial charge < -0.3 is 5.32 Å². The number of nitro groups is 1. The van der Waals surface area contributed by atoms with Gasteiger partial charge in [-0.15, -0.1) is 11.3 Å². The Morgan fingerprint density at radius 1 is 1.53 bits per heavy atom. The summed E-state index contributed by atoms with van der Waals surface area (Å²) in [7, 11) is 0. The van der Waals surface area contributed by atoms with Crippen molar-refractivity contribution in [2.45, 2.75) is 19.9 Å². The molecule has 0 aliphatic rings. The van der Waals surface area contributed by atoms with Gasteiger partial charge in [0.1, 0.15) is 0 Å². The summed E-state index contributed by atoms with van der Waals surface area (Å²) in [6, 6.07) is 4.67. The number of hydrogen-bond acceptors (Lipinski definition) is 5. The lowest BCUT2D eigenvalue weighted by molar-refractivity contribution is -0.384. The molecule has 0 saturated heterocycles. The van der Waals surface area contributed by atoms with E-state index in [-0.39, 0.29) is 5.69 Å². The van der Waals surface area contributed by atoms with Crippen molar-refractivity contribution < 1.29 is 4.92 Å². The molecule has 0 atom stereocenters. The third kappa shape index (κ3) is 3.51. The van der Waals surface area contributed by atoms with Crippen LogP contribution in [0.25, 0.3) is 0 Å². The molecule has 7 heteroatoms. The van der Waals surface area contributed by atoms with Crippen LogP contribution in [0.5, 0.6) is 0 Å². The number of nitrogens with zero attached hydrogens (tertiary/aromatic N) is 2. The molecule has 0 bridgehead atoms. The van der Waals surface area contributed by atoms with E-state index < -0.39 is 4.92 Å². The first kappa shape index (κ1) is 14.0. The molecule has 1 N–H and O–H groups in total. The van der Waals surface area contributed by atoms with Gasteiger partial charge in [0.25, 0.3) is 5.69 Å². The van der Waals surface area contributed by atoms with Crippen molar-refractivity contribution in [1.29, 1.82) is 0 Å². The van der Waals surface area contributed by atoms with Gasteiger partial charge in [-0.1, -0.05) is 6.92 Å². The molecule has 2 rings (SSSR count). The molecule has 0 aliphatic heterocycles. The molecule has 5 nitrogen and oxygen atoms in total. The summed E-state index contributed by atoms with van der Waals surface area (Å²) in [5, 5.41) is 15.0. The number of halogens is 1. The predicted octanol–water partition coefficient (Wildman–Crippen LogP) is 3.99. The summed E-state index contributed by atoms with van der Waals surface area (Å²) in [6.07, 6.45) is 2.79. The van der Waals surface area contributed by atoms with Gasteiger partial charge in [0.2, 0.25) is 0 Å². The highest BCUT2D eigenvalue weighted by atomic mass is 79.9. The maximum Gasteiger partial charge on any atom is 0.270 e. The molecular weight excluding hydrogens is 330 g/mol. The van der Waals surface area contributed by atoms with E-state index in [4.69, 9.17) is 0 Å². The van der Waals surface area contributed by atoms with E-state index in [1.54, 1.807) is 17.4 Å². The van der Waals surface area contributed by atoms with Crippen LogP contribution in [0.3, 0.4) is 0 Å². The van der Waals surface area contributed by atoms with Gasteiger partial charge in [-0.3, -0.25) is 10.1 Å². The quantitative estimate of drug-likeness (QED) is 0.659. The van der Waals surface area contributed by atoms with Gasteiger partial charge in [0.15, 0.2) is 0 Å². The smallest absolute Gasteiger partial charge is 0.270 e. The predicted molar refractivity (Wildman–Crippen MR) is 79.6 cm³/mol. The minimum Gasteiger partial charge on any atom is -0.379 e. The van der Waals surface area contributed by atoms with Crippen molar-refractivity contribution in [3.8, 4) is 0 Å². The van der Waals surface area contributed by atoms with Crippen LogP contribution >= 0.6 is 27.3 Å². The monoisotopic (exact) mass is 341 g/mol. The lowest BCUT2D eigenvalue weighted by Crippen LogP contribution is -1.98. The molecule has 0 amide bonds. The summed E-state index contributed by atoms with van der Waals surface area (Å²) < 4.78 is 0.682. The van der Waals surface area contributed by atoms with E-state index in [9.17, 15) is 10.1 Å². The van der Waals surface area contributed by atoms with Crippen molar-refractivity contribution in [2.24, 2.45) is 0 Å². The summed E-state index contributed by atoms with van der Waals surface area (Å²) in [6.45, 7) is 2.73. The van der Waals surface area contributed by atoms with E-state index in [1.165, 1.54) is 12.1 Å². The highest BCUT2D eigenvalue weighted by molar-refractivity contribution is 9.10. The number of benzene rings is 1. The largest absolute Gasteiger partial charge is 0.379 e. The average molecular weight is 342 g/mol. The third-order valence-corrected chi connectivity index (χ3v) is 4.32. The van der Waals surface area contributed by atoms with Crippen LogP contribution in [0.1, 0.15) is 16.8 Å². The number of aryl methyl sites for hydroxylation is 1. The number of hydrogen-bond donors (Lipinski definition) is 1. The molecule has 0 saturated carbocycles. The SMILES string of the molecule is CCc1ncc(CNc2ccc([N+](=O)[O-])cc2Br)s1. The molecule has 2 aromatic rings. The van der Waals surface area contributed by atoms with E-state index in [0.29, 0.717) is 11.0 Å². The fourth-order valence-electron chi connectivity index (χ4n) is 1.54. The molecule has 0 radical (unpaired) electrons. The van der Waals surface area contributed by atoms with E-state index in [1.807, 2.05) is 6.20 Å². The van der Waals surface area contributed by atoms with Crippen molar-refractivity contribution in [1.82, 2.24) is 4.98 Å². The van der Waals surface area contributed by atoms with Gasteiger partial charge in [-0.2, -0.15) is 0 Å². The van der Waals surface area contributed by atoms with Gasteiger partial charge in [0, 0.05) is 33.4 Å². The van der Waals surface area contributed by atoms with Gasteiger partial charge in [-0.25, -0.2) is 4.98 Å². The van der Waals surface area contributed by atoms with E-state index >= 15 is 0 Å². The number of thiazole rings is 1. The number of anilines is 1. The fourth-order valence-corrected chi connectivity index (χ4v) is 2.85. The Balaban J connectivity index is 2.05. The first-order valence-corrected chi connectivity index (χ1v) is 7.32. The Hall–Kier alpha value is -1.47. The Morgan fingerprint density at radius 2 is 2.32 bits per heavy atom.